The lowest BCUT2D eigenvalue weighted by molar-refractivity contribution is 1.10. The summed E-state index contributed by atoms with van der Waals surface area (Å²) in [6, 6.07) is 8.10. The zero-order valence-electron chi connectivity index (χ0n) is 6.57. The Morgan fingerprint density at radius 2 is 1.85 bits per heavy atom. The number of halogens is 1. The van der Waals surface area contributed by atoms with Gasteiger partial charge in [0.2, 0.25) is 5.13 Å². The first kappa shape index (κ1) is 8.89. The molecule has 0 saturated heterocycles. The highest BCUT2D eigenvalue weighted by atomic mass is 127. The number of nitrogens with two attached hydrogens (primary N) is 1. The van der Waals surface area contributed by atoms with E-state index < -0.39 is 0 Å². The average molecular weight is 303 g/mol. The van der Waals surface area contributed by atoms with Crippen LogP contribution in [0.15, 0.2) is 24.3 Å². The van der Waals surface area contributed by atoms with Crippen LogP contribution in [0.4, 0.5) is 5.13 Å². The van der Waals surface area contributed by atoms with Gasteiger partial charge in [0.05, 0.1) is 0 Å². The topological polar surface area (TPSA) is 51.8 Å². The number of rotatable bonds is 1. The maximum Gasteiger partial charge on any atom is 0.203 e. The van der Waals surface area contributed by atoms with Gasteiger partial charge in [-0.05, 0) is 34.7 Å². The van der Waals surface area contributed by atoms with E-state index in [0.29, 0.717) is 5.13 Å². The third-order valence-electron chi connectivity index (χ3n) is 1.53. The van der Waals surface area contributed by atoms with Crippen molar-refractivity contribution in [1.82, 2.24) is 10.2 Å². The van der Waals surface area contributed by atoms with Gasteiger partial charge in [-0.2, -0.15) is 0 Å². The highest BCUT2D eigenvalue weighted by molar-refractivity contribution is 14.1. The second-order valence-electron chi connectivity index (χ2n) is 2.45. The molecule has 1 aromatic heterocycles. The third kappa shape index (κ3) is 1.97. The standard InChI is InChI=1S/C8H6IN3S/c9-6-3-1-5(2-4-6)7-11-12-8(10)13-7/h1-4H,(H2,10,12). The largest absolute Gasteiger partial charge is 0.374 e. The van der Waals surface area contributed by atoms with Gasteiger partial charge in [0, 0.05) is 9.13 Å². The summed E-state index contributed by atoms with van der Waals surface area (Å²) < 4.78 is 1.21. The van der Waals surface area contributed by atoms with Crippen molar-refractivity contribution in [3.63, 3.8) is 0 Å². The lowest BCUT2D eigenvalue weighted by atomic mass is 10.2. The third-order valence-corrected chi connectivity index (χ3v) is 3.05. The zero-order valence-corrected chi connectivity index (χ0v) is 9.54. The quantitative estimate of drug-likeness (QED) is 0.823. The zero-order chi connectivity index (χ0) is 9.26. The van der Waals surface area contributed by atoms with E-state index in [0.717, 1.165) is 10.6 Å². The van der Waals surface area contributed by atoms with E-state index in [1.54, 1.807) is 0 Å². The lowest BCUT2D eigenvalue weighted by Crippen LogP contribution is -1.80. The first-order valence-electron chi connectivity index (χ1n) is 3.60. The molecule has 0 aliphatic carbocycles. The van der Waals surface area contributed by atoms with E-state index in [4.69, 9.17) is 5.73 Å². The molecule has 0 unspecified atom stereocenters. The van der Waals surface area contributed by atoms with Crippen molar-refractivity contribution < 1.29 is 0 Å². The number of hydrogen-bond donors (Lipinski definition) is 1. The Morgan fingerprint density at radius 1 is 1.15 bits per heavy atom. The maximum absolute atomic E-state index is 5.49. The summed E-state index contributed by atoms with van der Waals surface area (Å²) in [7, 11) is 0. The van der Waals surface area contributed by atoms with Crippen LogP contribution in [-0.4, -0.2) is 10.2 Å². The number of hydrogen-bond acceptors (Lipinski definition) is 4. The van der Waals surface area contributed by atoms with Crippen LogP contribution in [0, 0.1) is 3.57 Å². The number of aromatic nitrogens is 2. The van der Waals surface area contributed by atoms with Crippen LogP contribution >= 0.6 is 33.9 Å². The molecule has 0 saturated carbocycles. The summed E-state index contributed by atoms with van der Waals surface area (Å²) in [5.41, 5.74) is 6.55. The van der Waals surface area contributed by atoms with E-state index in [-0.39, 0.29) is 0 Å². The molecule has 0 aliphatic rings. The Balaban J connectivity index is 2.41. The molecule has 0 aliphatic heterocycles. The molecule has 2 N–H and O–H groups in total. The van der Waals surface area contributed by atoms with E-state index in [1.165, 1.54) is 14.9 Å². The lowest BCUT2D eigenvalue weighted by Gasteiger charge is -1.93. The first-order valence-corrected chi connectivity index (χ1v) is 5.50. The van der Waals surface area contributed by atoms with Crippen molar-refractivity contribution in [2.75, 3.05) is 5.73 Å². The molecule has 0 bridgehead atoms. The molecular formula is C8H6IN3S. The van der Waals surface area contributed by atoms with Crippen LogP contribution in [0.3, 0.4) is 0 Å². The highest BCUT2D eigenvalue weighted by Gasteiger charge is 2.02. The molecular weight excluding hydrogens is 297 g/mol. The molecule has 0 fully saturated rings. The molecule has 5 heteroatoms. The molecule has 0 atom stereocenters. The van der Waals surface area contributed by atoms with Crippen LogP contribution < -0.4 is 5.73 Å². The predicted octanol–water partition coefficient (Wildman–Crippen LogP) is 2.39. The Labute approximate surface area is 93.1 Å². The summed E-state index contributed by atoms with van der Waals surface area (Å²) in [4.78, 5) is 0. The summed E-state index contributed by atoms with van der Waals surface area (Å²) >= 11 is 3.66. The Bertz CT molecular complexity index is 410. The van der Waals surface area contributed by atoms with Crippen LogP contribution in [0.25, 0.3) is 10.6 Å². The van der Waals surface area contributed by atoms with Crippen molar-refractivity contribution in [2.24, 2.45) is 0 Å². The van der Waals surface area contributed by atoms with E-state index >= 15 is 0 Å². The minimum Gasteiger partial charge on any atom is -0.374 e. The van der Waals surface area contributed by atoms with Crippen molar-refractivity contribution in [1.29, 1.82) is 0 Å². The van der Waals surface area contributed by atoms with E-state index in [2.05, 4.69) is 32.8 Å². The molecule has 1 aromatic carbocycles. The molecule has 2 aromatic rings. The molecule has 0 spiro atoms. The van der Waals surface area contributed by atoms with Gasteiger partial charge in [-0.1, -0.05) is 23.5 Å². The molecule has 3 nitrogen and oxygen atoms in total. The van der Waals surface area contributed by atoms with Gasteiger partial charge in [-0.25, -0.2) is 0 Å². The van der Waals surface area contributed by atoms with Crippen LogP contribution in [-0.2, 0) is 0 Å². The van der Waals surface area contributed by atoms with Crippen molar-refractivity contribution in [2.45, 2.75) is 0 Å². The molecule has 66 valence electrons. The van der Waals surface area contributed by atoms with Gasteiger partial charge >= 0.3 is 0 Å². The highest BCUT2D eigenvalue weighted by Crippen LogP contribution is 2.24. The summed E-state index contributed by atoms with van der Waals surface area (Å²) in [5, 5.41) is 9.09. The van der Waals surface area contributed by atoms with Crippen molar-refractivity contribution in [3.8, 4) is 10.6 Å². The molecule has 0 radical (unpaired) electrons. The van der Waals surface area contributed by atoms with E-state index in [1.807, 2.05) is 24.3 Å². The Morgan fingerprint density at radius 3 is 2.38 bits per heavy atom. The number of benzene rings is 1. The van der Waals surface area contributed by atoms with Crippen LogP contribution in [0.2, 0.25) is 0 Å². The molecule has 2 rings (SSSR count). The summed E-state index contributed by atoms with van der Waals surface area (Å²) in [5.74, 6) is 0. The van der Waals surface area contributed by atoms with Gasteiger partial charge in [0.1, 0.15) is 5.01 Å². The van der Waals surface area contributed by atoms with Gasteiger partial charge in [-0.15, -0.1) is 10.2 Å². The van der Waals surface area contributed by atoms with Gasteiger partial charge in [-0.3, -0.25) is 0 Å². The minimum atomic E-state index is 0.508. The average Bonchev–Trinajstić information content (AvgIpc) is 2.53. The molecule has 1 heterocycles. The number of anilines is 1. The second-order valence-corrected chi connectivity index (χ2v) is 4.71. The maximum atomic E-state index is 5.49. The normalized spacial score (nSPS) is 10.2. The fourth-order valence-electron chi connectivity index (χ4n) is 0.944. The smallest absolute Gasteiger partial charge is 0.203 e. The molecule has 0 amide bonds. The van der Waals surface area contributed by atoms with Crippen molar-refractivity contribution in [3.05, 3.63) is 27.8 Å². The fourth-order valence-corrected chi connectivity index (χ4v) is 1.92. The summed E-state index contributed by atoms with van der Waals surface area (Å²) in [6.07, 6.45) is 0. The fraction of sp³-hybridized carbons (Fsp3) is 0. The monoisotopic (exact) mass is 303 g/mol. The predicted molar refractivity (Wildman–Crippen MR) is 62.5 cm³/mol. The number of nitrogens with zero attached hydrogens (tertiary/aromatic N) is 2. The Kier molecular flexibility index (Phi) is 2.45. The number of nitrogen functional groups attached to an aromatic ring is 1. The van der Waals surface area contributed by atoms with Crippen LogP contribution in [0.1, 0.15) is 0 Å². The molecule has 13 heavy (non-hydrogen) atoms. The van der Waals surface area contributed by atoms with Gasteiger partial charge in [0.25, 0.3) is 0 Å². The van der Waals surface area contributed by atoms with E-state index in [9.17, 15) is 0 Å². The second kappa shape index (κ2) is 3.59. The Hall–Kier alpha value is -0.690. The van der Waals surface area contributed by atoms with Crippen LogP contribution in [0.5, 0.6) is 0 Å². The SMILES string of the molecule is Nc1nnc(-c2ccc(I)cc2)s1. The first-order chi connectivity index (χ1) is 6.25. The minimum absolute atomic E-state index is 0.508. The van der Waals surface area contributed by atoms with Crippen molar-refractivity contribution >= 4 is 39.1 Å². The van der Waals surface area contributed by atoms with Gasteiger partial charge in [0.15, 0.2) is 0 Å². The van der Waals surface area contributed by atoms with Gasteiger partial charge < -0.3 is 5.73 Å². The summed E-state index contributed by atoms with van der Waals surface area (Å²) in [6.45, 7) is 0.